The van der Waals surface area contributed by atoms with Crippen molar-refractivity contribution < 1.29 is 27.5 Å². The molecule has 0 saturated heterocycles. The predicted molar refractivity (Wildman–Crippen MR) is 104 cm³/mol. The van der Waals surface area contributed by atoms with Crippen LogP contribution >= 0.6 is 0 Å². The summed E-state index contributed by atoms with van der Waals surface area (Å²) in [5, 5.41) is 2.61. The second-order valence-electron chi connectivity index (χ2n) is 6.90. The number of ether oxygens (including phenoxy) is 1. The lowest BCUT2D eigenvalue weighted by Gasteiger charge is -2.23. The first-order chi connectivity index (χ1) is 13.7. The van der Waals surface area contributed by atoms with Crippen molar-refractivity contribution in [2.75, 3.05) is 7.11 Å². The van der Waals surface area contributed by atoms with Crippen LogP contribution in [0.1, 0.15) is 46.5 Å². The highest BCUT2D eigenvalue weighted by Gasteiger charge is 2.35. The van der Waals surface area contributed by atoms with Crippen molar-refractivity contribution in [3.63, 3.8) is 0 Å². The number of nitrogens with one attached hydrogen (secondary N) is 1. The summed E-state index contributed by atoms with van der Waals surface area (Å²) in [6, 6.07) is 8.99. The van der Waals surface area contributed by atoms with E-state index in [1.54, 1.807) is 13.0 Å². The van der Waals surface area contributed by atoms with Gasteiger partial charge in [0, 0.05) is 16.7 Å². The van der Waals surface area contributed by atoms with Gasteiger partial charge in [-0.2, -0.15) is 0 Å². The maximum Gasteiger partial charge on any atom is 0.328 e. The van der Waals surface area contributed by atoms with E-state index in [1.807, 2.05) is 6.92 Å². The second kappa shape index (κ2) is 7.79. The van der Waals surface area contributed by atoms with E-state index in [9.17, 15) is 22.8 Å². The van der Waals surface area contributed by atoms with Gasteiger partial charge in [0.05, 0.1) is 16.9 Å². The third-order valence-corrected chi connectivity index (χ3v) is 7.01. The lowest BCUT2D eigenvalue weighted by molar-refractivity contribution is -0.144. The molecule has 0 fully saturated rings. The molecule has 2 atom stereocenters. The van der Waals surface area contributed by atoms with Crippen LogP contribution in [-0.2, 0) is 19.4 Å². The molecule has 2 aromatic carbocycles. The van der Waals surface area contributed by atoms with Gasteiger partial charge in [-0.25, -0.2) is 13.2 Å². The fraction of sp³-hybridized carbons (Fsp3) is 0.286. The van der Waals surface area contributed by atoms with Crippen molar-refractivity contribution in [3.05, 3.63) is 59.2 Å². The van der Waals surface area contributed by atoms with Crippen LogP contribution in [0.25, 0.3) is 0 Å². The molecule has 3 rings (SSSR count). The molecule has 29 heavy (non-hydrogen) atoms. The molecule has 0 unspecified atom stereocenters. The molecule has 0 bridgehead atoms. The molecule has 0 saturated carbocycles. The van der Waals surface area contributed by atoms with Gasteiger partial charge in [0.25, 0.3) is 5.91 Å². The monoisotopic (exact) mass is 415 g/mol. The maximum atomic E-state index is 13.0. The number of ketones is 1. The van der Waals surface area contributed by atoms with Crippen LogP contribution in [0.4, 0.5) is 0 Å². The summed E-state index contributed by atoms with van der Waals surface area (Å²) in [4.78, 5) is 37.1. The molecular formula is C21H21NO6S. The topological polar surface area (TPSA) is 107 Å². The Morgan fingerprint density at radius 1 is 1.07 bits per heavy atom. The molecule has 0 aliphatic carbocycles. The Bertz CT molecular complexity index is 1110. The quantitative estimate of drug-likeness (QED) is 0.641. The Morgan fingerprint density at radius 3 is 2.38 bits per heavy atom. The van der Waals surface area contributed by atoms with Crippen molar-refractivity contribution >= 4 is 27.5 Å². The van der Waals surface area contributed by atoms with Crippen molar-refractivity contribution in [3.8, 4) is 0 Å². The average Bonchev–Trinajstić information content (AvgIpc) is 2.74. The number of hydrogen-bond acceptors (Lipinski definition) is 6. The van der Waals surface area contributed by atoms with Crippen LogP contribution in [0.5, 0.6) is 0 Å². The second-order valence-corrected chi connectivity index (χ2v) is 8.79. The Kier molecular flexibility index (Phi) is 5.57. The number of rotatable bonds is 5. The van der Waals surface area contributed by atoms with E-state index in [2.05, 4.69) is 5.32 Å². The van der Waals surface area contributed by atoms with E-state index in [0.29, 0.717) is 6.42 Å². The zero-order chi connectivity index (χ0) is 21.3. The normalized spacial score (nSPS) is 16.2. The average molecular weight is 415 g/mol. The zero-order valence-electron chi connectivity index (χ0n) is 16.3. The molecule has 0 radical (unpaired) electrons. The van der Waals surface area contributed by atoms with Crippen molar-refractivity contribution in [1.82, 2.24) is 5.32 Å². The van der Waals surface area contributed by atoms with Gasteiger partial charge in [-0.15, -0.1) is 0 Å². The lowest BCUT2D eigenvalue weighted by Crippen LogP contribution is -2.45. The van der Waals surface area contributed by atoms with Gasteiger partial charge in [-0.3, -0.25) is 9.59 Å². The fourth-order valence-corrected chi connectivity index (χ4v) is 4.92. The minimum Gasteiger partial charge on any atom is -0.467 e. The summed E-state index contributed by atoms with van der Waals surface area (Å²) < 4.78 is 30.7. The lowest BCUT2D eigenvalue weighted by atomic mass is 9.98. The number of hydrogen-bond donors (Lipinski definition) is 1. The molecule has 2 aromatic rings. The van der Waals surface area contributed by atoms with Crippen molar-refractivity contribution in [2.24, 2.45) is 5.92 Å². The van der Waals surface area contributed by atoms with Crippen LogP contribution in [-0.4, -0.2) is 39.2 Å². The molecule has 0 spiro atoms. The molecule has 7 nitrogen and oxygen atoms in total. The number of fused-ring (bicyclic) bond motifs is 2. The van der Waals surface area contributed by atoms with E-state index < -0.39 is 33.5 Å². The number of sulfone groups is 1. The first-order valence-corrected chi connectivity index (χ1v) is 10.6. The van der Waals surface area contributed by atoms with Gasteiger partial charge in [0.15, 0.2) is 5.78 Å². The number of benzene rings is 2. The van der Waals surface area contributed by atoms with Crippen LogP contribution in [0.15, 0.2) is 52.3 Å². The molecule has 1 aliphatic heterocycles. The summed E-state index contributed by atoms with van der Waals surface area (Å²) in [7, 11) is -2.72. The smallest absolute Gasteiger partial charge is 0.328 e. The largest absolute Gasteiger partial charge is 0.467 e. The van der Waals surface area contributed by atoms with Crippen molar-refractivity contribution in [2.45, 2.75) is 36.1 Å². The highest BCUT2D eigenvalue weighted by atomic mass is 32.2. The number of methoxy groups -OCH3 is 1. The van der Waals surface area contributed by atoms with Gasteiger partial charge in [0.2, 0.25) is 9.84 Å². The maximum absolute atomic E-state index is 13.0. The predicted octanol–water partition coefficient (Wildman–Crippen LogP) is 2.38. The third kappa shape index (κ3) is 3.55. The van der Waals surface area contributed by atoms with Crippen LogP contribution in [0.2, 0.25) is 0 Å². The molecule has 1 heterocycles. The summed E-state index contributed by atoms with van der Waals surface area (Å²) in [6.45, 7) is 3.68. The molecule has 8 heteroatoms. The van der Waals surface area contributed by atoms with E-state index in [0.717, 1.165) is 0 Å². The number of carbonyl (C=O) groups excluding carboxylic acids is 3. The SMILES string of the molecule is CC[C@H](C)[C@H](NC(=O)c1ccc2c(c1)S(=O)(=O)c1ccccc1C2=O)C(=O)OC. The Labute approximate surface area is 169 Å². The third-order valence-electron chi connectivity index (χ3n) is 5.15. The highest BCUT2D eigenvalue weighted by Crippen LogP contribution is 2.34. The summed E-state index contributed by atoms with van der Waals surface area (Å²) in [5.41, 5.74) is 0.170. The van der Waals surface area contributed by atoms with Gasteiger partial charge < -0.3 is 10.1 Å². The number of carbonyl (C=O) groups is 3. The summed E-state index contributed by atoms with van der Waals surface area (Å²) >= 11 is 0. The molecule has 152 valence electrons. The highest BCUT2D eigenvalue weighted by molar-refractivity contribution is 7.91. The molecule has 1 aliphatic rings. The molecule has 1 N–H and O–H groups in total. The van der Waals surface area contributed by atoms with Gasteiger partial charge in [0.1, 0.15) is 6.04 Å². The fourth-order valence-electron chi connectivity index (χ4n) is 3.25. The van der Waals surface area contributed by atoms with Crippen LogP contribution < -0.4 is 5.32 Å². The van der Waals surface area contributed by atoms with Crippen LogP contribution in [0, 0.1) is 5.92 Å². The minimum absolute atomic E-state index is 0.0201. The number of amides is 1. The van der Waals surface area contributed by atoms with Gasteiger partial charge >= 0.3 is 5.97 Å². The first kappa shape index (κ1) is 20.7. The Hall–Kier alpha value is -3.00. The molecular weight excluding hydrogens is 394 g/mol. The minimum atomic E-state index is -3.95. The number of esters is 1. The Balaban J connectivity index is 2.01. The first-order valence-electron chi connectivity index (χ1n) is 9.14. The summed E-state index contributed by atoms with van der Waals surface area (Å²) in [6.07, 6.45) is 0.629. The van der Waals surface area contributed by atoms with Gasteiger partial charge in [-0.05, 0) is 36.2 Å². The summed E-state index contributed by atoms with van der Waals surface area (Å²) in [5.74, 6) is -1.79. The molecule has 1 amide bonds. The standard InChI is InChI=1S/C21H21NO6S/c1-4-12(2)18(21(25)28-3)22-20(24)13-9-10-15-17(11-13)29(26,27)16-8-6-5-7-14(16)19(15)23/h5-12,18H,4H2,1-3H3,(H,22,24)/t12-,18-/m0/s1. The van der Waals surface area contributed by atoms with Gasteiger partial charge in [-0.1, -0.05) is 32.4 Å². The van der Waals surface area contributed by atoms with E-state index in [-0.39, 0.29) is 32.4 Å². The van der Waals surface area contributed by atoms with E-state index in [1.165, 1.54) is 43.5 Å². The zero-order valence-corrected chi connectivity index (χ0v) is 17.1. The Morgan fingerprint density at radius 2 is 1.72 bits per heavy atom. The van der Waals surface area contributed by atoms with Crippen LogP contribution in [0.3, 0.4) is 0 Å². The van der Waals surface area contributed by atoms with Crippen molar-refractivity contribution in [1.29, 1.82) is 0 Å². The molecule has 0 aromatic heterocycles. The van der Waals surface area contributed by atoms with E-state index in [4.69, 9.17) is 4.74 Å². The van der Waals surface area contributed by atoms with E-state index >= 15 is 0 Å².